The first-order chi connectivity index (χ1) is 23.7. The largest absolute Gasteiger partial charge is 0.490 e. The normalized spacial score (nSPS) is 15.4. The summed E-state index contributed by atoms with van der Waals surface area (Å²) in [5, 5.41) is 5.60. The Hall–Kier alpha value is -4.70. The summed E-state index contributed by atoms with van der Waals surface area (Å²) in [6.45, 7) is 3.66. The maximum absolute atomic E-state index is 14.3. The second kappa shape index (κ2) is 17.3. The summed E-state index contributed by atoms with van der Waals surface area (Å²) < 4.78 is 81.4. The zero-order valence-corrected chi connectivity index (χ0v) is 27.9. The van der Waals surface area contributed by atoms with E-state index in [9.17, 15) is 31.9 Å². The van der Waals surface area contributed by atoms with Gasteiger partial charge in [-0.25, -0.2) is 18.6 Å². The number of unbranched alkanes of at least 4 members (excludes halogenated alkanes) is 1. The van der Waals surface area contributed by atoms with Crippen molar-refractivity contribution in [3.8, 4) is 23.0 Å². The van der Waals surface area contributed by atoms with Crippen molar-refractivity contribution in [1.82, 2.24) is 15.6 Å². The standard InChI is InChI=1S/C34H40F4N4O8/c1-34(2,3)16-26(49-33(39)45)29-28(30(44)41-17-20-7-9-21(35)15-22(20)36)42-31(50-29)19-8-10-24(48-32(37)38)25(14-19)46-12-5-4-6-23(43)27-18-40-11-13-47-27/h7-10,14-15,26-27,32,40H,4-6,11-13,16-18H2,1-3H3,(H2,39,45)(H,41,44). The van der Waals surface area contributed by atoms with Gasteiger partial charge in [-0.1, -0.05) is 26.8 Å². The quantitative estimate of drug-likeness (QED) is 0.122. The lowest BCUT2D eigenvalue weighted by Gasteiger charge is -2.24. The Morgan fingerprint density at radius 1 is 1.10 bits per heavy atom. The van der Waals surface area contributed by atoms with Crippen molar-refractivity contribution in [3.05, 3.63) is 65.1 Å². The van der Waals surface area contributed by atoms with Gasteiger partial charge in [-0.3, -0.25) is 9.59 Å². The highest BCUT2D eigenvalue weighted by Gasteiger charge is 2.33. The number of aromatic nitrogens is 1. The number of amides is 2. The fourth-order valence-corrected chi connectivity index (χ4v) is 5.11. The van der Waals surface area contributed by atoms with Crippen LogP contribution in [0.25, 0.3) is 11.5 Å². The van der Waals surface area contributed by atoms with E-state index in [0.717, 1.165) is 6.07 Å². The number of carbonyl (C=O) groups excluding carboxylic acids is 3. The Labute approximate surface area is 286 Å². The summed E-state index contributed by atoms with van der Waals surface area (Å²) >= 11 is 0. The van der Waals surface area contributed by atoms with E-state index in [0.29, 0.717) is 38.6 Å². The fourth-order valence-electron chi connectivity index (χ4n) is 5.11. The molecule has 0 aliphatic carbocycles. The Bertz CT molecular complexity index is 1640. The number of ether oxygens (including phenoxy) is 4. The number of Topliss-reactive ketones (excluding diaryl/α,β-unsaturated/α-hetero) is 1. The molecule has 0 saturated carbocycles. The molecule has 0 spiro atoms. The first-order valence-corrected chi connectivity index (χ1v) is 16.0. The minimum absolute atomic E-state index is 0.00949. The number of hydrogen-bond acceptors (Lipinski definition) is 10. The van der Waals surface area contributed by atoms with Gasteiger partial charge in [0.25, 0.3) is 5.91 Å². The molecule has 4 N–H and O–H groups in total. The third-order valence-electron chi connectivity index (χ3n) is 7.44. The molecule has 1 saturated heterocycles. The van der Waals surface area contributed by atoms with Gasteiger partial charge in [0.1, 0.15) is 17.7 Å². The Balaban J connectivity index is 1.59. The van der Waals surface area contributed by atoms with Crippen molar-refractivity contribution >= 4 is 17.8 Å². The van der Waals surface area contributed by atoms with Crippen molar-refractivity contribution in [2.45, 2.75) is 71.8 Å². The van der Waals surface area contributed by atoms with Gasteiger partial charge in [-0.2, -0.15) is 8.78 Å². The lowest BCUT2D eigenvalue weighted by Crippen LogP contribution is -2.43. The molecule has 2 amide bonds. The Morgan fingerprint density at radius 2 is 1.88 bits per heavy atom. The lowest BCUT2D eigenvalue weighted by molar-refractivity contribution is -0.132. The number of hydrogen-bond donors (Lipinski definition) is 3. The van der Waals surface area contributed by atoms with Crippen LogP contribution < -0.4 is 25.8 Å². The van der Waals surface area contributed by atoms with E-state index in [1.807, 2.05) is 20.8 Å². The highest BCUT2D eigenvalue weighted by atomic mass is 19.3. The van der Waals surface area contributed by atoms with Gasteiger partial charge in [-0.15, -0.1) is 0 Å². The monoisotopic (exact) mass is 708 g/mol. The number of ketones is 1. The maximum Gasteiger partial charge on any atom is 0.405 e. The van der Waals surface area contributed by atoms with Crippen LogP contribution in [0.5, 0.6) is 11.5 Å². The number of nitrogens with two attached hydrogens (primary N) is 1. The first kappa shape index (κ1) is 38.1. The van der Waals surface area contributed by atoms with Gasteiger partial charge in [-0.05, 0) is 48.9 Å². The molecule has 1 aliphatic rings. The number of primary amides is 1. The Kier molecular flexibility index (Phi) is 13.2. The van der Waals surface area contributed by atoms with Crippen molar-refractivity contribution in [1.29, 1.82) is 0 Å². The van der Waals surface area contributed by atoms with Gasteiger partial charge < -0.3 is 39.7 Å². The average Bonchev–Trinajstić information content (AvgIpc) is 3.49. The predicted molar refractivity (Wildman–Crippen MR) is 171 cm³/mol. The minimum Gasteiger partial charge on any atom is -0.490 e. The molecule has 0 bridgehead atoms. The summed E-state index contributed by atoms with van der Waals surface area (Å²) in [7, 11) is 0. The van der Waals surface area contributed by atoms with E-state index in [1.165, 1.54) is 24.3 Å². The second-order valence-electron chi connectivity index (χ2n) is 12.7. The summed E-state index contributed by atoms with van der Waals surface area (Å²) in [5.74, 6) is -3.29. The molecule has 0 radical (unpaired) electrons. The summed E-state index contributed by atoms with van der Waals surface area (Å²) in [5.41, 5.74) is 4.71. The van der Waals surface area contributed by atoms with Gasteiger partial charge in [0, 0.05) is 43.2 Å². The molecule has 2 heterocycles. The zero-order chi connectivity index (χ0) is 36.4. The molecule has 4 rings (SSSR count). The summed E-state index contributed by atoms with van der Waals surface area (Å²) in [4.78, 5) is 42.0. The van der Waals surface area contributed by atoms with E-state index in [2.05, 4.69) is 20.4 Å². The molecular weight excluding hydrogens is 668 g/mol. The minimum atomic E-state index is -3.16. The van der Waals surface area contributed by atoms with Crippen molar-refractivity contribution in [3.63, 3.8) is 0 Å². The topological polar surface area (TPSA) is 164 Å². The molecular formula is C34H40F4N4O8. The van der Waals surface area contributed by atoms with Gasteiger partial charge >= 0.3 is 12.7 Å². The van der Waals surface area contributed by atoms with Gasteiger partial charge in [0.2, 0.25) is 5.89 Å². The van der Waals surface area contributed by atoms with Crippen LogP contribution >= 0.6 is 0 Å². The molecule has 272 valence electrons. The van der Waals surface area contributed by atoms with Gasteiger partial charge in [0.05, 0.1) is 13.2 Å². The highest BCUT2D eigenvalue weighted by Crippen LogP contribution is 2.38. The molecule has 12 nitrogen and oxygen atoms in total. The van der Waals surface area contributed by atoms with Crippen molar-refractivity contribution in [2.24, 2.45) is 11.1 Å². The van der Waals surface area contributed by atoms with Crippen LogP contribution in [0.4, 0.5) is 22.4 Å². The first-order valence-electron chi connectivity index (χ1n) is 16.0. The molecule has 50 heavy (non-hydrogen) atoms. The summed E-state index contributed by atoms with van der Waals surface area (Å²) in [6.07, 6.45) is -1.59. The smallest absolute Gasteiger partial charge is 0.405 e. The number of oxazole rings is 1. The molecule has 3 aromatic rings. The van der Waals surface area contributed by atoms with Crippen LogP contribution in [0.2, 0.25) is 0 Å². The third-order valence-corrected chi connectivity index (χ3v) is 7.44. The van der Waals surface area contributed by atoms with Crippen LogP contribution in [0, 0.1) is 17.0 Å². The van der Waals surface area contributed by atoms with Crippen LogP contribution in [-0.4, -0.2) is 61.8 Å². The van der Waals surface area contributed by atoms with Crippen LogP contribution in [0.15, 0.2) is 40.8 Å². The van der Waals surface area contributed by atoms with Crippen LogP contribution in [-0.2, 0) is 20.8 Å². The number of morpholine rings is 1. The van der Waals surface area contributed by atoms with Crippen molar-refractivity contribution < 1.29 is 55.3 Å². The molecule has 2 unspecified atom stereocenters. The maximum atomic E-state index is 14.3. The third kappa shape index (κ3) is 11.2. The van der Waals surface area contributed by atoms with Gasteiger partial charge in [0.15, 0.2) is 34.8 Å². The number of rotatable bonds is 16. The zero-order valence-electron chi connectivity index (χ0n) is 27.9. The molecule has 2 atom stereocenters. The highest BCUT2D eigenvalue weighted by molar-refractivity contribution is 5.94. The van der Waals surface area contributed by atoms with E-state index in [4.69, 9.17) is 24.4 Å². The fraction of sp³-hybridized carbons (Fsp3) is 0.471. The lowest BCUT2D eigenvalue weighted by atomic mass is 9.88. The van der Waals surface area contributed by atoms with E-state index in [-0.39, 0.29) is 71.7 Å². The number of alkyl halides is 2. The van der Waals surface area contributed by atoms with Crippen LogP contribution in [0.1, 0.15) is 74.4 Å². The predicted octanol–water partition coefficient (Wildman–Crippen LogP) is 5.83. The summed E-state index contributed by atoms with van der Waals surface area (Å²) in [6, 6.07) is 6.76. The second-order valence-corrected chi connectivity index (χ2v) is 12.7. The van der Waals surface area contributed by atoms with Crippen LogP contribution in [0.3, 0.4) is 0 Å². The molecule has 1 aliphatic heterocycles. The SMILES string of the molecule is CC(C)(C)CC(OC(N)=O)c1oc(-c2ccc(OC(F)F)c(OCCCCC(=O)C3CNCCO3)c2)nc1C(=O)NCc1ccc(F)cc1F. The van der Waals surface area contributed by atoms with Crippen molar-refractivity contribution in [2.75, 3.05) is 26.3 Å². The number of carbonyl (C=O) groups is 3. The number of halogens is 4. The van der Waals surface area contributed by atoms with E-state index in [1.54, 1.807) is 0 Å². The Morgan fingerprint density at radius 3 is 2.54 bits per heavy atom. The molecule has 16 heteroatoms. The molecule has 1 fully saturated rings. The van der Waals surface area contributed by atoms with E-state index >= 15 is 0 Å². The average molecular weight is 709 g/mol. The molecule has 1 aromatic heterocycles. The number of nitrogens with one attached hydrogen (secondary N) is 2. The molecule has 2 aromatic carbocycles. The van der Waals surface area contributed by atoms with E-state index < -0.39 is 47.9 Å². The number of benzene rings is 2. The number of nitrogens with zero attached hydrogens (tertiary/aromatic N) is 1.